The molecule has 44 heavy (non-hydrogen) atoms. The summed E-state index contributed by atoms with van der Waals surface area (Å²) in [7, 11) is 1.28. The van der Waals surface area contributed by atoms with Gasteiger partial charge in [0.05, 0.1) is 12.7 Å². The highest BCUT2D eigenvalue weighted by molar-refractivity contribution is 5.84. The molecule has 0 radical (unpaired) electrons. The Balaban J connectivity index is 1.20. The van der Waals surface area contributed by atoms with Gasteiger partial charge in [-0.15, -0.1) is 0 Å². The van der Waals surface area contributed by atoms with Crippen LogP contribution in [0.2, 0.25) is 0 Å². The number of rotatable bonds is 12. The molecule has 0 saturated carbocycles. The van der Waals surface area contributed by atoms with Crippen molar-refractivity contribution in [2.24, 2.45) is 5.92 Å². The first-order valence-corrected chi connectivity index (χ1v) is 14.7. The van der Waals surface area contributed by atoms with E-state index in [2.05, 4.69) is 5.32 Å². The Bertz CT molecular complexity index is 1370. The number of benzene rings is 3. The molecule has 0 unspecified atom stereocenters. The van der Waals surface area contributed by atoms with Gasteiger partial charge in [0, 0.05) is 32.4 Å². The molecule has 1 heterocycles. The maximum Gasteiger partial charge on any atom is 0.416 e. The summed E-state index contributed by atoms with van der Waals surface area (Å²) in [6, 6.07) is 21.2. The van der Waals surface area contributed by atoms with Crippen molar-refractivity contribution in [3.05, 3.63) is 101 Å². The second-order valence-electron chi connectivity index (χ2n) is 11.0. The third-order valence-electron chi connectivity index (χ3n) is 7.78. The molecule has 234 valence electrons. The number of esters is 1. The minimum absolute atomic E-state index is 0.0601. The highest BCUT2D eigenvalue weighted by atomic mass is 19.4. The lowest BCUT2D eigenvalue weighted by Crippen LogP contribution is -2.44. The second-order valence-corrected chi connectivity index (χ2v) is 11.0. The van der Waals surface area contributed by atoms with Gasteiger partial charge in [-0.2, -0.15) is 13.2 Å². The Morgan fingerprint density at radius 1 is 0.886 bits per heavy atom. The molecule has 2 amide bonds. The van der Waals surface area contributed by atoms with Crippen LogP contribution < -0.4 is 10.1 Å². The lowest BCUT2D eigenvalue weighted by molar-refractivity contribution is -0.145. The van der Waals surface area contributed by atoms with Crippen LogP contribution in [0.15, 0.2) is 78.9 Å². The summed E-state index contributed by atoms with van der Waals surface area (Å²) in [6.45, 7) is 1.45. The summed E-state index contributed by atoms with van der Waals surface area (Å²) in [5.74, 6) is -0.0875. The van der Waals surface area contributed by atoms with Crippen LogP contribution >= 0.6 is 0 Å². The summed E-state index contributed by atoms with van der Waals surface area (Å²) >= 11 is 0. The average molecular weight is 611 g/mol. The van der Waals surface area contributed by atoms with E-state index in [9.17, 15) is 27.6 Å². The minimum Gasteiger partial charge on any atom is -0.489 e. The molecular weight excluding hydrogens is 573 g/mol. The van der Waals surface area contributed by atoms with E-state index < -0.39 is 23.8 Å². The van der Waals surface area contributed by atoms with Crippen molar-refractivity contribution >= 4 is 17.8 Å². The quantitative estimate of drug-likeness (QED) is 0.264. The number of likely N-dealkylation sites (tertiary alicyclic amines) is 1. The first-order chi connectivity index (χ1) is 21.1. The number of carbonyl (C=O) groups is 3. The number of ether oxygens (including phenoxy) is 2. The maximum absolute atomic E-state index is 12.9. The van der Waals surface area contributed by atoms with Crippen molar-refractivity contribution < 1.29 is 37.0 Å². The smallest absolute Gasteiger partial charge is 0.416 e. The Labute approximate surface area is 255 Å². The first-order valence-electron chi connectivity index (χ1n) is 14.7. The predicted molar refractivity (Wildman–Crippen MR) is 159 cm³/mol. The topological polar surface area (TPSA) is 84.9 Å². The number of hydrogen-bond donors (Lipinski definition) is 1. The molecule has 1 aliphatic rings. The minimum atomic E-state index is -4.39. The van der Waals surface area contributed by atoms with Gasteiger partial charge < -0.3 is 19.7 Å². The Kier molecular flexibility index (Phi) is 11.4. The van der Waals surface area contributed by atoms with Crippen molar-refractivity contribution in [2.45, 2.75) is 57.3 Å². The lowest BCUT2D eigenvalue weighted by atomic mass is 9.92. The van der Waals surface area contributed by atoms with Gasteiger partial charge in [-0.05, 0) is 66.1 Å². The van der Waals surface area contributed by atoms with E-state index in [0.29, 0.717) is 50.3 Å². The average Bonchev–Trinajstić information content (AvgIpc) is 3.03. The zero-order chi connectivity index (χ0) is 31.5. The number of carbonyl (C=O) groups excluding carboxylic acids is 3. The Morgan fingerprint density at radius 2 is 1.52 bits per heavy atom. The zero-order valence-electron chi connectivity index (χ0n) is 24.6. The predicted octanol–water partition coefficient (Wildman–Crippen LogP) is 5.75. The van der Waals surface area contributed by atoms with Crippen LogP contribution in [0.4, 0.5) is 13.2 Å². The van der Waals surface area contributed by atoms with Crippen molar-refractivity contribution in [3.63, 3.8) is 0 Å². The van der Waals surface area contributed by atoms with E-state index in [1.807, 2.05) is 54.6 Å². The number of nitrogens with zero attached hydrogens (tertiary/aromatic N) is 1. The van der Waals surface area contributed by atoms with E-state index in [1.54, 1.807) is 4.90 Å². The van der Waals surface area contributed by atoms with Crippen molar-refractivity contribution in [1.29, 1.82) is 0 Å². The third-order valence-corrected chi connectivity index (χ3v) is 7.78. The van der Waals surface area contributed by atoms with Crippen molar-refractivity contribution in [1.82, 2.24) is 10.2 Å². The van der Waals surface area contributed by atoms with E-state index in [0.717, 1.165) is 23.3 Å². The summed E-state index contributed by atoms with van der Waals surface area (Å²) in [4.78, 5) is 39.8. The van der Waals surface area contributed by atoms with Crippen LogP contribution in [-0.2, 0) is 44.7 Å². The highest BCUT2D eigenvalue weighted by Gasteiger charge is 2.30. The van der Waals surface area contributed by atoms with Crippen LogP contribution in [0.3, 0.4) is 0 Å². The fraction of sp³-hybridized carbons (Fsp3) is 0.382. The van der Waals surface area contributed by atoms with E-state index in [4.69, 9.17) is 9.47 Å². The number of amides is 2. The van der Waals surface area contributed by atoms with Crippen LogP contribution in [-0.4, -0.2) is 48.9 Å². The number of alkyl halides is 3. The van der Waals surface area contributed by atoms with Gasteiger partial charge in [0.2, 0.25) is 11.8 Å². The van der Waals surface area contributed by atoms with Crippen molar-refractivity contribution in [2.75, 3.05) is 20.2 Å². The summed E-state index contributed by atoms with van der Waals surface area (Å²) in [5.41, 5.74) is 1.86. The standard InChI is InChI=1S/C34H37F3N2O5/c1-43-33(42)30(21-25-9-14-29(15-10-25)44-23-27-5-3-2-4-6-27)38-31(40)22-26-17-19-39(20-18-26)32(41)16-11-24-7-12-28(13-8-24)34(35,36)37/h2-10,12-15,26,30H,11,16-23H2,1H3,(H,38,40)/t30-/m0/s1. The monoisotopic (exact) mass is 610 g/mol. The van der Waals surface area contributed by atoms with Crippen LogP contribution in [0, 0.1) is 5.92 Å². The zero-order valence-corrected chi connectivity index (χ0v) is 24.6. The number of nitrogens with one attached hydrogen (secondary N) is 1. The van der Waals surface area contributed by atoms with Crippen molar-refractivity contribution in [3.8, 4) is 5.75 Å². The van der Waals surface area contributed by atoms with E-state index in [1.165, 1.54) is 19.2 Å². The largest absolute Gasteiger partial charge is 0.489 e. The molecule has 1 saturated heterocycles. The van der Waals surface area contributed by atoms with Gasteiger partial charge in [0.15, 0.2) is 0 Å². The number of halogens is 3. The normalized spacial score (nSPS) is 14.5. The molecule has 0 spiro atoms. The van der Waals surface area contributed by atoms with Gasteiger partial charge in [-0.1, -0.05) is 54.6 Å². The molecule has 3 aromatic rings. The molecular formula is C34H37F3N2O5. The highest BCUT2D eigenvalue weighted by Crippen LogP contribution is 2.29. The van der Waals surface area contributed by atoms with Gasteiger partial charge in [-0.25, -0.2) is 4.79 Å². The molecule has 3 aromatic carbocycles. The van der Waals surface area contributed by atoms with Gasteiger partial charge in [-0.3, -0.25) is 9.59 Å². The molecule has 1 aliphatic heterocycles. The molecule has 4 rings (SSSR count). The molecule has 0 aliphatic carbocycles. The molecule has 7 nitrogen and oxygen atoms in total. The fourth-order valence-electron chi connectivity index (χ4n) is 5.21. The summed E-state index contributed by atoms with van der Waals surface area (Å²) in [6.07, 6.45) is -2.04. The van der Waals surface area contributed by atoms with E-state index >= 15 is 0 Å². The summed E-state index contributed by atoms with van der Waals surface area (Å²) < 4.78 is 49.0. The maximum atomic E-state index is 12.9. The third kappa shape index (κ3) is 9.86. The summed E-state index contributed by atoms with van der Waals surface area (Å²) in [5, 5.41) is 2.81. The number of piperidine rings is 1. The van der Waals surface area contributed by atoms with E-state index in [-0.39, 0.29) is 37.0 Å². The molecule has 1 atom stereocenters. The second kappa shape index (κ2) is 15.4. The Hall–Kier alpha value is -4.34. The van der Waals surface area contributed by atoms with Gasteiger partial charge >= 0.3 is 12.1 Å². The molecule has 1 N–H and O–H groups in total. The van der Waals surface area contributed by atoms with Crippen LogP contribution in [0.1, 0.15) is 47.9 Å². The first kappa shape index (κ1) is 32.6. The lowest BCUT2D eigenvalue weighted by Gasteiger charge is -2.32. The fourth-order valence-corrected chi connectivity index (χ4v) is 5.21. The molecule has 10 heteroatoms. The molecule has 0 aromatic heterocycles. The van der Waals surface area contributed by atoms with Crippen LogP contribution in [0.5, 0.6) is 5.75 Å². The molecule has 0 bridgehead atoms. The SMILES string of the molecule is COC(=O)[C@H](Cc1ccc(OCc2ccccc2)cc1)NC(=O)CC1CCN(C(=O)CCc2ccc(C(F)(F)F)cc2)CC1. The van der Waals surface area contributed by atoms with Gasteiger partial charge in [0.1, 0.15) is 18.4 Å². The van der Waals surface area contributed by atoms with Gasteiger partial charge in [0.25, 0.3) is 0 Å². The molecule has 1 fully saturated rings. The van der Waals surface area contributed by atoms with Crippen LogP contribution in [0.25, 0.3) is 0 Å². The number of methoxy groups -OCH3 is 1. The Morgan fingerprint density at radius 3 is 2.14 bits per heavy atom. The number of aryl methyl sites for hydroxylation is 1. The number of hydrogen-bond acceptors (Lipinski definition) is 5.